The van der Waals surface area contributed by atoms with Crippen molar-refractivity contribution in [3.63, 3.8) is 0 Å². The molecule has 15 heavy (non-hydrogen) atoms. The van der Waals surface area contributed by atoms with E-state index in [4.69, 9.17) is 9.47 Å². The standard InChI is InChI=1S/C12H25NO2/c1-10(2)15-7-5-4-6-13-11-8-12(9-11)14-3/h10-13H,4-9H2,1-3H3. The van der Waals surface area contributed by atoms with E-state index in [9.17, 15) is 0 Å². The van der Waals surface area contributed by atoms with E-state index in [1.54, 1.807) is 7.11 Å². The summed E-state index contributed by atoms with van der Waals surface area (Å²) in [5.74, 6) is 0. The summed E-state index contributed by atoms with van der Waals surface area (Å²) in [6.45, 7) is 6.17. The molecule has 0 aromatic carbocycles. The summed E-state index contributed by atoms with van der Waals surface area (Å²) in [4.78, 5) is 0. The lowest BCUT2D eigenvalue weighted by Gasteiger charge is -2.34. The number of methoxy groups -OCH3 is 1. The smallest absolute Gasteiger partial charge is 0.0601 e. The predicted octanol–water partition coefficient (Wildman–Crippen LogP) is 1.96. The van der Waals surface area contributed by atoms with Crippen molar-refractivity contribution >= 4 is 0 Å². The van der Waals surface area contributed by atoms with Gasteiger partial charge in [-0.15, -0.1) is 0 Å². The molecule has 0 aliphatic heterocycles. The lowest BCUT2D eigenvalue weighted by Crippen LogP contribution is -2.45. The fourth-order valence-corrected chi connectivity index (χ4v) is 1.78. The quantitative estimate of drug-likeness (QED) is 0.628. The van der Waals surface area contributed by atoms with Gasteiger partial charge in [0, 0.05) is 19.8 Å². The highest BCUT2D eigenvalue weighted by atomic mass is 16.5. The fourth-order valence-electron chi connectivity index (χ4n) is 1.78. The van der Waals surface area contributed by atoms with Crippen LogP contribution in [0.4, 0.5) is 0 Å². The summed E-state index contributed by atoms with van der Waals surface area (Å²) < 4.78 is 10.7. The van der Waals surface area contributed by atoms with E-state index in [1.165, 1.54) is 19.3 Å². The molecule has 0 spiro atoms. The number of unbranched alkanes of at least 4 members (excludes halogenated alkanes) is 1. The van der Waals surface area contributed by atoms with E-state index >= 15 is 0 Å². The largest absolute Gasteiger partial charge is 0.381 e. The molecule has 0 amide bonds. The van der Waals surface area contributed by atoms with Crippen molar-refractivity contribution in [2.75, 3.05) is 20.3 Å². The fraction of sp³-hybridized carbons (Fsp3) is 1.00. The molecule has 1 aliphatic rings. The van der Waals surface area contributed by atoms with Crippen LogP contribution in [0.25, 0.3) is 0 Å². The molecule has 0 atom stereocenters. The number of hydrogen-bond donors (Lipinski definition) is 1. The topological polar surface area (TPSA) is 30.5 Å². The second-order valence-electron chi connectivity index (χ2n) is 4.61. The molecule has 1 saturated carbocycles. The Hall–Kier alpha value is -0.120. The summed E-state index contributed by atoms with van der Waals surface area (Å²) in [6, 6.07) is 0.695. The molecule has 0 saturated heterocycles. The first kappa shape index (κ1) is 12.9. The van der Waals surface area contributed by atoms with Gasteiger partial charge in [0.25, 0.3) is 0 Å². The highest BCUT2D eigenvalue weighted by Crippen LogP contribution is 2.22. The van der Waals surface area contributed by atoms with Crippen molar-refractivity contribution < 1.29 is 9.47 Å². The minimum Gasteiger partial charge on any atom is -0.381 e. The molecule has 1 fully saturated rings. The minimum atomic E-state index is 0.368. The highest BCUT2D eigenvalue weighted by molar-refractivity contribution is 4.85. The van der Waals surface area contributed by atoms with Crippen molar-refractivity contribution in [2.24, 2.45) is 0 Å². The third kappa shape index (κ3) is 5.50. The summed E-state index contributed by atoms with van der Waals surface area (Å²) in [5, 5.41) is 3.54. The Morgan fingerprint density at radius 3 is 2.60 bits per heavy atom. The van der Waals surface area contributed by atoms with E-state index in [-0.39, 0.29) is 0 Å². The van der Waals surface area contributed by atoms with Gasteiger partial charge in [-0.3, -0.25) is 0 Å². The van der Waals surface area contributed by atoms with Crippen molar-refractivity contribution in [3.05, 3.63) is 0 Å². The zero-order chi connectivity index (χ0) is 11.1. The molecule has 3 heteroatoms. The van der Waals surface area contributed by atoms with Gasteiger partial charge in [-0.2, -0.15) is 0 Å². The minimum absolute atomic E-state index is 0.368. The molecule has 0 radical (unpaired) electrons. The van der Waals surface area contributed by atoms with Gasteiger partial charge in [0.05, 0.1) is 12.2 Å². The molecule has 1 N–H and O–H groups in total. The lowest BCUT2D eigenvalue weighted by molar-refractivity contribution is 0.0171. The number of hydrogen-bond acceptors (Lipinski definition) is 3. The molecule has 0 aromatic heterocycles. The van der Waals surface area contributed by atoms with Gasteiger partial charge in [-0.1, -0.05) is 0 Å². The third-order valence-electron chi connectivity index (χ3n) is 2.88. The van der Waals surface area contributed by atoms with E-state index in [0.29, 0.717) is 18.2 Å². The highest BCUT2D eigenvalue weighted by Gasteiger charge is 2.27. The maximum atomic E-state index is 5.48. The van der Waals surface area contributed by atoms with Crippen LogP contribution >= 0.6 is 0 Å². The molecular weight excluding hydrogens is 190 g/mol. The van der Waals surface area contributed by atoms with Crippen LogP contribution in [0.15, 0.2) is 0 Å². The van der Waals surface area contributed by atoms with Gasteiger partial charge < -0.3 is 14.8 Å². The van der Waals surface area contributed by atoms with Crippen LogP contribution in [0.1, 0.15) is 39.5 Å². The van der Waals surface area contributed by atoms with Gasteiger partial charge >= 0.3 is 0 Å². The summed E-state index contributed by atoms with van der Waals surface area (Å²) >= 11 is 0. The Balaban J connectivity index is 1.78. The average Bonchev–Trinajstić information content (AvgIpc) is 2.13. The number of nitrogens with one attached hydrogen (secondary N) is 1. The second kappa shape index (κ2) is 7.20. The molecule has 0 unspecified atom stereocenters. The molecule has 0 bridgehead atoms. The Bertz CT molecular complexity index is 156. The van der Waals surface area contributed by atoms with E-state index in [2.05, 4.69) is 19.2 Å². The molecule has 1 rings (SSSR count). The van der Waals surface area contributed by atoms with Gasteiger partial charge in [-0.05, 0) is 46.1 Å². The van der Waals surface area contributed by atoms with Gasteiger partial charge in [0.15, 0.2) is 0 Å². The number of rotatable bonds is 8. The van der Waals surface area contributed by atoms with Gasteiger partial charge in [0.1, 0.15) is 0 Å². The van der Waals surface area contributed by atoms with Crippen molar-refractivity contribution in [1.82, 2.24) is 5.32 Å². The lowest BCUT2D eigenvalue weighted by atomic mass is 9.89. The molecule has 0 heterocycles. The Labute approximate surface area is 93.5 Å². The van der Waals surface area contributed by atoms with Crippen LogP contribution in [0.3, 0.4) is 0 Å². The SMILES string of the molecule is COC1CC(NCCCCOC(C)C)C1. The molecule has 3 nitrogen and oxygen atoms in total. The maximum absolute atomic E-state index is 5.48. The van der Waals surface area contributed by atoms with E-state index < -0.39 is 0 Å². The van der Waals surface area contributed by atoms with Gasteiger partial charge in [0.2, 0.25) is 0 Å². The van der Waals surface area contributed by atoms with Crippen molar-refractivity contribution in [3.8, 4) is 0 Å². The molecule has 0 aromatic rings. The zero-order valence-electron chi connectivity index (χ0n) is 10.3. The third-order valence-corrected chi connectivity index (χ3v) is 2.88. The predicted molar refractivity (Wildman–Crippen MR) is 62.1 cm³/mol. The van der Waals surface area contributed by atoms with Crippen molar-refractivity contribution in [2.45, 2.75) is 57.8 Å². The van der Waals surface area contributed by atoms with E-state index in [1.807, 2.05) is 0 Å². The van der Waals surface area contributed by atoms with Crippen LogP contribution in [0.5, 0.6) is 0 Å². The molecule has 1 aliphatic carbocycles. The summed E-state index contributed by atoms with van der Waals surface area (Å²) in [5.41, 5.74) is 0. The first-order valence-corrected chi connectivity index (χ1v) is 6.10. The molecular formula is C12H25NO2. The number of ether oxygens (including phenoxy) is 2. The van der Waals surface area contributed by atoms with Crippen LogP contribution in [0, 0.1) is 0 Å². The van der Waals surface area contributed by atoms with Gasteiger partial charge in [-0.25, -0.2) is 0 Å². The van der Waals surface area contributed by atoms with Crippen LogP contribution in [-0.4, -0.2) is 38.5 Å². The van der Waals surface area contributed by atoms with E-state index in [0.717, 1.165) is 19.6 Å². The first-order chi connectivity index (χ1) is 7.22. The first-order valence-electron chi connectivity index (χ1n) is 6.10. The summed E-state index contributed by atoms with van der Waals surface area (Å²) in [6.07, 6.45) is 5.60. The summed E-state index contributed by atoms with van der Waals surface area (Å²) in [7, 11) is 1.80. The Morgan fingerprint density at radius 2 is 2.00 bits per heavy atom. The Morgan fingerprint density at radius 1 is 1.27 bits per heavy atom. The van der Waals surface area contributed by atoms with Crippen LogP contribution < -0.4 is 5.32 Å². The Kier molecular flexibility index (Phi) is 6.22. The second-order valence-corrected chi connectivity index (χ2v) is 4.61. The zero-order valence-corrected chi connectivity index (χ0v) is 10.3. The van der Waals surface area contributed by atoms with Crippen molar-refractivity contribution in [1.29, 1.82) is 0 Å². The monoisotopic (exact) mass is 215 g/mol. The van der Waals surface area contributed by atoms with Crippen LogP contribution in [-0.2, 0) is 9.47 Å². The average molecular weight is 215 g/mol. The van der Waals surface area contributed by atoms with Crippen LogP contribution in [0.2, 0.25) is 0 Å². The normalized spacial score (nSPS) is 25.6. The maximum Gasteiger partial charge on any atom is 0.0601 e. The molecule has 90 valence electrons.